The minimum atomic E-state index is -0.450. The Bertz CT molecular complexity index is 1240. The first-order chi connectivity index (χ1) is 15.9. The Labute approximate surface area is 189 Å². The van der Waals surface area contributed by atoms with Crippen molar-refractivity contribution in [2.75, 3.05) is 0 Å². The zero-order chi connectivity index (χ0) is 23.4. The van der Waals surface area contributed by atoms with Crippen molar-refractivity contribution >= 4 is 5.91 Å². The maximum absolute atomic E-state index is 13.8. The number of carbonyl (C=O) groups is 1. The average Bonchev–Trinajstić information content (AvgIpc) is 3.48. The smallest absolute Gasteiger partial charge is 0.249 e. The van der Waals surface area contributed by atoms with Crippen molar-refractivity contribution in [3.8, 4) is 22.8 Å². The van der Waals surface area contributed by atoms with E-state index >= 15 is 0 Å². The number of halogens is 1. The van der Waals surface area contributed by atoms with Crippen molar-refractivity contribution in [1.29, 1.82) is 0 Å². The average molecular weight is 450 g/mol. The fourth-order valence-electron chi connectivity index (χ4n) is 3.17. The molecule has 1 amide bonds. The lowest BCUT2D eigenvalue weighted by Gasteiger charge is -2.18. The van der Waals surface area contributed by atoms with Gasteiger partial charge >= 0.3 is 0 Å². The van der Waals surface area contributed by atoms with Gasteiger partial charge in [0.05, 0.1) is 0 Å². The summed E-state index contributed by atoms with van der Waals surface area (Å²) in [6, 6.07) is 7.83. The molecule has 3 aromatic heterocycles. The van der Waals surface area contributed by atoms with Gasteiger partial charge in [0.25, 0.3) is 0 Å². The number of hydrogen-bond acceptors (Lipinski definition) is 8. The summed E-state index contributed by atoms with van der Waals surface area (Å²) in [5, 5.41) is 10.8. The van der Waals surface area contributed by atoms with Gasteiger partial charge in [0.2, 0.25) is 29.3 Å². The number of amides is 1. The highest BCUT2D eigenvalue weighted by Crippen LogP contribution is 2.24. The monoisotopic (exact) mass is 450 g/mol. The molecular weight excluding hydrogens is 427 g/mol. The fraction of sp³-hybridized carbons (Fsp3) is 0.304. The van der Waals surface area contributed by atoms with Gasteiger partial charge in [-0.2, -0.15) is 9.97 Å². The molecule has 1 unspecified atom stereocenters. The van der Waals surface area contributed by atoms with E-state index in [0.717, 1.165) is 5.56 Å². The molecule has 4 rings (SSSR count). The van der Waals surface area contributed by atoms with Crippen LogP contribution in [0.5, 0.6) is 0 Å². The van der Waals surface area contributed by atoms with E-state index in [2.05, 4.69) is 30.6 Å². The lowest BCUT2D eigenvalue weighted by molar-refractivity contribution is -0.122. The first kappa shape index (κ1) is 22.3. The normalized spacial score (nSPS) is 12.2. The molecule has 0 spiro atoms. The first-order valence-corrected chi connectivity index (χ1v) is 10.5. The summed E-state index contributed by atoms with van der Waals surface area (Å²) in [4.78, 5) is 25.3. The van der Waals surface area contributed by atoms with E-state index in [9.17, 15) is 9.18 Å². The van der Waals surface area contributed by atoms with Crippen LogP contribution in [0.15, 0.2) is 51.8 Å². The Balaban J connectivity index is 1.38. The highest BCUT2D eigenvalue weighted by molar-refractivity contribution is 5.76. The highest BCUT2D eigenvalue weighted by Gasteiger charge is 2.25. The van der Waals surface area contributed by atoms with Crippen LogP contribution >= 0.6 is 0 Å². The summed E-state index contributed by atoms with van der Waals surface area (Å²) in [5.74, 6) is 0.777. The van der Waals surface area contributed by atoms with E-state index < -0.39 is 6.04 Å². The van der Waals surface area contributed by atoms with Crippen LogP contribution in [0, 0.1) is 18.7 Å². The minimum Gasteiger partial charge on any atom is -0.344 e. The maximum atomic E-state index is 13.8. The van der Waals surface area contributed by atoms with Crippen LogP contribution in [-0.4, -0.2) is 31.2 Å². The van der Waals surface area contributed by atoms with Crippen molar-refractivity contribution in [1.82, 2.24) is 30.6 Å². The zero-order valence-corrected chi connectivity index (χ0v) is 18.4. The van der Waals surface area contributed by atoms with Crippen molar-refractivity contribution in [3.05, 3.63) is 65.9 Å². The van der Waals surface area contributed by atoms with Crippen LogP contribution in [0.4, 0.5) is 4.39 Å². The van der Waals surface area contributed by atoms with Crippen LogP contribution in [0.25, 0.3) is 22.8 Å². The molecule has 170 valence electrons. The van der Waals surface area contributed by atoms with E-state index in [0.29, 0.717) is 28.7 Å². The number of pyridine rings is 1. The summed E-state index contributed by atoms with van der Waals surface area (Å²) in [7, 11) is 0. The molecule has 1 aromatic carbocycles. The number of benzene rings is 1. The van der Waals surface area contributed by atoms with E-state index in [1.807, 2.05) is 13.8 Å². The van der Waals surface area contributed by atoms with Gasteiger partial charge in [0.1, 0.15) is 11.9 Å². The van der Waals surface area contributed by atoms with Crippen LogP contribution in [0.2, 0.25) is 0 Å². The zero-order valence-electron chi connectivity index (χ0n) is 18.4. The van der Waals surface area contributed by atoms with Crippen LogP contribution in [0.1, 0.15) is 43.7 Å². The van der Waals surface area contributed by atoms with Crippen LogP contribution in [0.3, 0.4) is 0 Å². The molecule has 0 bridgehead atoms. The molecule has 0 fully saturated rings. The van der Waals surface area contributed by atoms with Crippen molar-refractivity contribution in [2.45, 2.75) is 39.7 Å². The third-order valence-corrected chi connectivity index (χ3v) is 5.09. The lowest BCUT2D eigenvalue weighted by Crippen LogP contribution is -2.32. The summed E-state index contributed by atoms with van der Waals surface area (Å²) in [6.07, 6.45) is 3.65. The maximum Gasteiger partial charge on any atom is 0.249 e. The molecule has 4 aromatic rings. The molecule has 0 aliphatic rings. The van der Waals surface area contributed by atoms with E-state index in [1.54, 1.807) is 43.6 Å². The second-order valence-electron chi connectivity index (χ2n) is 7.96. The number of aromatic nitrogens is 5. The summed E-state index contributed by atoms with van der Waals surface area (Å²) >= 11 is 0. The van der Waals surface area contributed by atoms with E-state index in [-0.39, 0.29) is 36.3 Å². The van der Waals surface area contributed by atoms with Gasteiger partial charge in [-0.25, -0.2) is 4.39 Å². The van der Waals surface area contributed by atoms with Gasteiger partial charge in [-0.15, -0.1) is 0 Å². The summed E-state index contributed by atoms with van der Waals surface area (Å²) in [6.45, 7) is 5.58. The molecular formula is C23H23FN6O3. The lowest BCUT2D eigenvalue weighted by atomic mass is 10.0. The molecule has 1 N–H and O–H groups in total. The number of hydrogen-bond donors (Lipinski definition) is 1. The van der Waals surface area contributed by atoms with Gasteiger partial charge in [0, 0.05) is 36.4 Å². The topological polar surface area (TPSA) is 120 Å². The molecule has 0 radical (unpaired) electrons. The van der Waals surface area contributed by atoms with Gasteiger partial charge in [0.15, 0.2) is 0 Å². The predicted octanol–water partition coefficient (Wildman–Crippen LogP) is 4.08. The largest absolute Gasteiger partial charge is 0.344 e. The molecule has 1 atom stereocenters. The minimum absolute atomic E-state index is 0.0196. The number of aryl methyl sites for hydroxylation is 2. The quantitative estimate of drug-likeness (QED) is 0.426. The van der Waals surface area contributed by atoms with Gasteiger partial charge in [-0.05, 0) is 36.6 Å². The molecule has 0 aliphatic heterocycles. The summed E-state index contributed by atoms with van der Waals surface area (Å²) in [5.41, 5.74) is 1.82. The number of rotatable bonds is 8. The fourth-order valence-corrected chi connectivity index (χ4v) is 3.17. The molecule has 0 saturated heterocycles. The van der Waals surface area contributed by atoms with Crippen LogP contribution in [-0.2, 0) is 11.2 Å². The number of carbonyl (C=O) groups excluding carboxylic acids is 1. The van der Waals surface area contributed by atoms with Gasteiger partial charge < -0.3 is 14.4 Å². The van der Waals surface area contributed by atoms with E-state index in [1.165, 1.54) is 6.07 Å². The second-order valence-corrected chi connectivity index (χ2v) is 7.96. The predicted molar refractivity (Wildman–Crippen MR) is 116 cm³/mol. The Morgan fingerprint density at radius 1 is 1.03 bits per heavy atom. The molecule has 9 nitrogen and oxygen atoms in total. The van der Waals surface area contributed by atoms with Crippen LogP contribution < -0.4 is 5.32 Å². The van der Waals surface area contributed by atoms with Crippen molar-refractivity contribution in [2.24, 2.45) is 5.92 Å². The van der Waals surface area contributed by atoms with Crippen molar-refractivity contribution in [3.63, 3.8) is 0 Å². The molecule has 3 heterocycles. The first-order valence-electron chi connectivity index (χ1n) is 10.5. The standard InChI is InChI=1S/C23H23FN6O3/c1-13(2)20(23-28-21(30-33-23)15-8-10-25-11-9-15)26-18(31)6-7-19-27-22(29-32-19)16-5-4-14(3)17(24)12-16/h4-5,8-13,20H,6-7H2,1-3H3,(H,26,31). The third-order valence-electron chi connectivity index (χ3n) is 5.09. The summed E-state index contributed by atoms with van der Waals surface area (Å²) < 4.78 is 24.4. The second kappa shape index (κ2) is 9.68. The SMILES string of the molecule is Cc1ccc(-c2noc(CCC(=O)NC(c3nc(-c4ccncc4)no3)C(C)C)n2)cc1F. The molecule has 0 aliphatic carbocycles. The molecule has 0 saturated carbocycles. The highest BCUT2D eigenvalue weighted by atomic mass is 19.1. The Morgan fingerprint density at radius 3 is 2.48 bits per heavy atom. The van der Waals surface area contributed by atoms with E-state index in [4.69, 9.17) is 9.05 Å². The third kappa shape index (κ3) is 5.28. The Hall–Kier alpha value is -3.95. The Kier molecular flexibility index (Phi) is 6.53. The number of nitrogens with zero attached hydrogens (tertiary/aromatic N) is 5. The van der Waals surface area contributed by atoms with Gasteiger partial charge in [-0.1, -0.05) is 36.3 Å². The molecule has 33 heavy (non-hydrogen) atoms. The van der Waals surface area contributed by atoms with Gasteiger partial charge in [-0.3, -0.25) is 9.78 Å². The van der Waals surface area contributed by atoms with Crippen molar-refractivity contribution < 1.29 is 18.2 Å². The molecule has 10 heteroatoms. The Morgan fingerprint density at radius 2 is 1.76 bits per heavy atom. The number of nitrogens with one attached hydrogen (secondary N) is 1.